The molecule has 0 radical (unpaired) electrons. The van der Waals surface area contributed by atoms with Gasteiger partial charge in [0, 0.05) is 0 Å². The molecule has 0 amide bonds. The van der Waals surface area contributed by atoms with Crippen molar-refractivity contribution >= 4 is 31.7 Å². The van der Waals surface area contributed by atoms with Crippen molar-refractivity contribution in [2.24, 2.45) is 0 Å². The maximum atomic E-state index is 8.46. The molecule has 186 valence electrons. The summed E-state index contributed by atoms with van der Waals surface area (Å²) in [5.41, 5.74) is 6.23. The van der Waals surface area contributed by atoms with Gasteiger partial charge in [-0.25, -0.2) is 0 Å². The van der Waals surface area contributed by atoms with E-state index >= 15 is 0 Å². The maximum absolute atomic E-state index is 8.46. The molecule has 6 rings (SSSR count). The van der Waals surface area contributed by atoms with Crippen LogP contribution in [0.1, 0.15) is 49.9 Å². The van der Waals surface area contributed by atoms with Crippen LogP contribution in [0.4, 0.5) is 0 Å². The molecule has 0 aliphatic heterocycles. The summed E-state index contributed by atoms with van der Waals surface area (Å²) in [4.78, 5) is 2.63. The van der Waals surface area contributed by atoms with Crippen molar-refractivity contribution in [1.82, 2.24) is 0 Å². The van der Waals surface area contributed by atoms with Crippen molar-refractivity contribution in [3.63, 3.8) is 0 Å². The van der Waals surface area contributed by atoms with Gasteiger partial charge in [0.2, 0.25) is 0 Å². The molecule has 1 aromatic heterocycles. The molecule has 0 nitrogen and oxygen atoms in total. The Bertz CT molecular complexity index is 1530. The van der Waals surface area contributed by atoms with Gasteiger partial charge in [0.1, 0.15) is 0 Å². The number of hydrogen-bond donors (Lipinski definition) is 0. The predicted octanol–water partition coefficient (Wildman–Crippen LogP) is 10.3. The predicted molar refractivity (Wildman–Crippen MR) is 160 cm³/mol. The zero-order valence-corrected chi connectivity index (χ0v) is 26.8. The minimum absolute atomic E-state index is 0.000874. The third-order valence-corrected chi connectivity index (χ3v) is 37.8. The van der Waals surface area contributed by atoms with Crippen LogP contribution in [0.5, 0.6) is 0 Å². The number of unbranched alkanes of at least 4 members (excludes halogenated alkanes) is 1. The van der Waals surface area contributed by atoms with Gasteiger partial charge in [-0.3, -0.25) is 0 Å². The van der Waals surface area contributed by atoms with E-state index < -0.39 is 15.7 Å². The van der Waals surface area contributed by atoms with E-state index in [9.17, 15) is 0 Å². The van der Waals surface area contributed by atoms with Crippen LogP contribution in [-0.2, 0) is 22.1 Å². The molecule has 2 aliphatic rings. The Morgan fingerprint density at radius 1 is 0.757 bits per heavy atom. The molecule has 37 heavy (non-hydrogen) atoms. The molecular formula is C33H30Cl2HfS. The quantitative estimate of drug-likeness (QED) is 0.168. The molecular weight excluding hydrogens is 678 g/mol. The Kier molecular flexibility index (Phi) is 6.90. The fourth-order valence-corrected chi connectivity index (χ4v) is 37.7. The van der Waals surface area contributed by atoms with Crippen LogP contribution in [0.2, 0.25) is 3.67 Å². The molecule has 4 aromatic rings. The Labute approximate surface area is 232 Å². The van der Waals surface area contributed by atoms with Gasteiger partial charge in [0.25, 0.3) is 0 Å². The molecule has 0 bridgehead atoms. The first kappa shape index (κ1) is 25.4. The van der Waals surface area contributed by atoms with E-state index in [2.05, 4.69) is 122 Å². The van der Waals surface area contributed by atoms with Crippen molar-refractivity contribution in [3.05, 3.63) is 142 Å². The summed E-state index contributed by atoms with van der Waals surface area (Å²) in [5, 5.41) is 0. The zero-order valence-electron chi connectivity index (χ0n) is 20.9. The van der Waals surface area contributed by atoms with Crippen LogP contribution in [0.15, 0.2) is 115 Å². The van der Waals surface area contributed by atoms with E-state index in [1.807, 2.05) is 11.3 Å². The summed E-state index contributed by atoms with van der Waals surface area (Å²) in [6, 6.07) is 32.8. The van der Waals surface area contributed by atoms with Crippen LogP contribution in [0, 0.1) is 0 Å². The minimum atomic E-state index is -5.27. The molecule has 0 saturated heterocycles. The first-order chi connectivity index (χ1) is 18.0. The first-order valence-electron chi connectivity index (χ1n) is 13.1. The average molecular weight is 708 g/mol. The number of thiophene rings is 1. The van der Waals surface area contributed by atoms with Gasteiger partial charge < -0.3 is 0 Å². The SMILES string of the molecule is CCCCc1ccc([C](c2ccccc2)=[Hf]([Cl])([Cl])([CH]2C=CC=C2)[CH]2c3ccccc3-c3ccccc32)s1. The fraction of sp³-hybridized carbons (Fsp3) is 0.182. The molecule has 0 atom stereocenters. The number of hydrogen-bond acceptors (Lipinski definition) is 1. The normalized spacial score (nSPS) is 15.2. The van der Waals surface area contributed by atoms with Crippen molar-refractivity contribution in [3.8, 4) is 11.1 Å². The first-order valence-corrected chi connectivity index (χ1v) is 28.8. The van der Waals surface area contributed by atoms with E-state index in [-0.39, 0.29) is 7.35 Å². The summed E-state index contributed by atoms with van der Waals surface area (Å²) in [6.45, 7) is 2.25. The Morgan fingerprint density at radius 3 is 1.97 bits per heavy atom. The molecule has 3 aromatic carbocycles. The third-order valence-electron chi connectivity index (χ3n) is 7.95. The van der Waals surface area contributed by atoms with Gasteiger partial charge >= 0.3 is 234 Å². The van der Waals surface area contributed by atoms with Crippen molar-refractivity contribution in [1.29, 1.82) is 0 Å². The van der Waals surface area contributed by atoms with E-state index in [0.29, 0.717) is 0 Å². The summed E-state index contributed by atoms with van der Waals surface area (Å²) >= 11 is -3.39. The number of fused-ring (bicyclic) bond motifs is 3. The van der Waals surface area contributed by atoms with Crippen molar-refractivity contribution < 1.29 is 15.7 Å². The van der Waals surface area contributed by atoms with Gasteiger partial charge in [-0.2, -0.15) is 0 Å². The van der Waals surface area contributed by atoms with Crippen LogP contribution >= 0.6 is 28.5 Å². The van der Waals surface area contributed by atoms with Gasteiger partial charge in [0.05, 0.1) is 0 Å². The van der Waals surface area contributed by atoms with Gasteiger partial charge in [-0.1, -0.05) is 0 Å². The number of aryl methyl sites for hydroxylation is 1. The second kappa shape index (κ2) is 10.0. The molecule has 2 aliphatic carbocycles. The molecule has 0 saturated carbocycles. The van der Waals surface area contributed by atoms with E-state index in [1.165, 1.54) is 48.1 Å². The van der Waals surface area contributed by atoms with E-state index in [4.69, 9.17) is 17.2 Å². The number of rotatable bonds is 7. The molecule has 1 heterocycles. The molecule has 0 N–H and O–H groups in total. The standard InChI is InChI=1S/C15H16S.C13H9.C5H5.2ClH.Hf/c1-2-3-9-14-10-11-15(16-14)12-13-7-5-4-6-8-13;1-3-7-12-10(5-1)9-11-6-2-4-8-13(11)12;1-2-4-5-3-1;;;/h4-8,10-11H,2-3,9H2,1H3;1-9H;1-5H;2*1H;/q;;;;;+2/p-2. The second-order valence-electron chi connectivity index (χ2n) is 10.2. The van der Waals surface area contributed by atoms with Gasteiger partial charge in [-0.05, 0) is 0 Å². The Morgan fingerprint density at radius 2 is 1.35 bits per heavy atom. The summed E-state index contributed by atoms with van der Waals surface area (Å²) in [6.07, 6.45) is 12.2. The van der Waals surface area contributed by atoms with Gasteiger partial charge in [0.15, 0.2) is 0 Å². The molecule has 0 unspecified atom stereocenters. The number of halogens is 2. The Balaban J connectivity index is 1.76. The zero-order chi connectivity index (χ0) is 25.5. The van der Waals surface area contributed by atoms with Crippen molar-refractivity contribution in [2.45, 2.75) is 33.5 Å². The van der Waals surface area contributed by atoms with Crippen LogP contribution in [0.3, 0.4) is 0 Å². The third kappa shape index (κ3) is 4.16. The topological polar surface area (TPSA) is 0 Å². The molecule has 0 spiro atoms. The van der Waals surface area contributed by atoms with E-state index in [0.717, 1.165) is 12.0 Å². The number of benzene rings is 3. The summed E-state index contributed by atoms with van der Waals surface area (Å²) in [5.74, 6) is 0. The monoisotopic (exact) mass is 708 g/mol. The van der Waals surface area contributed by atoms with Crippen LogP contribution in [-0.4, -0.2) is 3.26 Å². The number of allylic oxidation sites excluding steroid dienone is 4. The average Bonchev–Trinajstić information content (AvgIpc) is 3.68. The van der Waals surface area contributed by atoms with Crippen LogP contribution < -0.4 is 0 Å². The molecule has 4 heteroatoms. The Hall–Kier alpha value is -1.84. The summed E-state index contributed by atoms with van der Waals surface area (Å²) < 4.78 is 1.16. The van der Waals surface area contributed by atoms with Crippen molar-refractivity contribution in [2.75, 3.05) is 0 Å². The second-order valence-corrected chi connectivity index (χ2v) is 40.8. The molecule has 0 fully saturated rings. The van der Waals surface area contributed by atoms with Crippen LogP contribution in [0.25, 0.3) is 11.1 Å². The summed E-state index contributed by atoms with van der Waals surface area (Å²) in [7, 11) is 16.9. The van der Waals surface area contributed by atoms with E-state index in [1.54, 1.807) is 0 Å². The van der Waals surface area contributed by atoms with Gasteiger partial charge in [-0.15, -0.1) is 0 Å². The fourth-order valence-electron chi connectivity index (χ4n) is 6.27.